The van der Waals surface area contributed by atoms with Crippen molar-refractivity contribution in [3.63, 3.8) is 0 Å². The summed E-state index contributed by atoms with van der Waals surface area (Å²) in [5.74, 6) is -0.309. The number of amides is 1. The van der Waals surface area contributed by atoms with E-state index in [1.165, 1.54) is 33.8 Å². The molecule has 0 N–H and O–H groups in total. The van der Waals surface area contributed by atoms with Gasteiger partial charge in [0.15, 0.2) is 15.0 Å². The van der Waals surface area contributed by atoms with Gasteiger partial charge in [-0.05, 0) is 80.0 Å². The maximum atomic E-state index is 13.9. The second-order valence-electron chi connectivity index (χ2n) is 10.2. The molecule has 1 aliphatic heterocycles. The van der Waals surface area contributed by atoms with Crippen LogP contribution in [-0.2, 0) is 26.3 Å². The number of nitrogens with zero attached hydrogens (tertiary/aromatic N) is 4. The summed E-state index contributed by atoms with van der Waals surface area (Å²) < 4.78 is 53.5. The van der Waals surface area contributed by atoms with E-state index in [4.69, 9.17) is 0 Å². The number of anilines is 2. The first-order chi connectivity index (χ1) is 20.0. The van der Waals surface area contributed by atoms with Gasteiger partial charge in [0.25, 0.3) is 15.9 Å². The minimum atomic E-state index is -3.81. The lowest BCUT2D eigenvalue weighted by Crippen LogP contribution is -2.39. The van der Waals surface area contributed by atoms with Crippen LogP contribution in [0.1, 0.15) is 36.2 Å². The van der Waals surface area contributed by atoms with Gasteiger partial charge in [0.05, 0.1) is 25.7 Å². The highest BCUT2D eigenvalue weighted by Crippen LogP contribution is 2.33. The van der Waals surface area contributed by atoms with Gasteiger partial charge in [-0.2, -0.15) is 0 Å². The first-order valence-corrected chi connectivity index (χ1v) is 18.0. The number of sulfone groups is 1. The number of rotatable bonds is 10. The van der Waals surface area contributed by atoms with Crippen molar-refractivity contribution in [1.82, 2.24) is 9.88 Å². The van der Waals surface area contributed by atoms with Crippen LogP contribution in [0.5, 0.6) is 0 Å². The zero-order chi connectivity index (χ0) is 30.1. The van der Waals surface area contributed by atoms with Crippen LogP contribution in [0, 0.1) is 0 Å². The molecule has 9 nitrogen and oxygen atoms in total. The van der Waals surface area contributed by atoms with Crippen LogP contribution in [0.2, 0.25) is 0 Å². The molecule has 0 saturated heterocycles. The SMILES string of the molecule is CCN(CC)CCN(C(=O)c1ccc(S(=O)(=O)N2CCCc3ccccc32)cc1)c1nc2ccc(S(C)(=O)=O)cc2s1. The molecule has 42 heavy (non-hydrogen) atoms. The van der Waals surface area contributed by atoms with Crippen LogP contribution in [0.15, 0.2) is 76.5 Å². The van der Waals surface area contributed by atoms with E-state index in [1.807, 2.05) is 24.3 Å². The van der Waals surface area contributed by atoms with Gasteiger partial charge in [-0.25, -0.2) is 21.8 Å². The third-order valence-corrected chi connectivity index (χ3v) is 11.5. The van der Waals surface area contributed by atoms with Crippen molar-refractivity contribution in [2.75, 3.05) is 48.2 Å². The summed E-state index contributed by atoms with van der Waals surface area (Å²) in [7, 11) is -7.20. The molecule has 12 heteroatoms. The number of hydrogen-bond donors (Lipinski definition) is 0. The predicted molar refractivity (Wildman–Crippen MR) is 168 cm³/mol. The molecule has 5 rings (SSSR count). The number of hydrogen-bond acceptors (Lipinski definition) is 8. The van der Waals surface area contributed by atoms with Crippen molar-refractivity contribution in [3.05, 3.63) is 77.9 Å². The van der Waals surface area contributed by atoms with Crippen LogP contribution >= 0.6 is 11.3 Å². The zero-order valence-corrected chi connectivity index (χ0v) is 26.3. The number of fused-ring (bicyclic) bond motifs is 2. The lowest BCUT2D eigenvalue weighted by Gasteiger charge is -2.30. The highest BCUT2D eigenvalue weighted by Gasteiger charge is 2.29. The Hall–Kier alpha value is -3.32. The van der Waals surface area contributed by atoms with E-state index in [2.05, 4.69) is 23.7 Å². The van der Waals surface area contributed by atoms with Crippen molar-refractivity contribution < 1.29 is 21.6 Å². The maximum Gasteiger partial charge on any atom is 0.264 e. The van der Waals surface area contributed by atoms with Gasteiger partial charge in [0.1, 0.15) is 0 Å². The van der Waals surface area contributed by atoms with Crippen molar-refractivity contribution in [2.45, 2.75) is 36.5 Å². The molecule has 0 bridgehead atoms. The first kappa shape index (κ1) is 30.1. The van der Waals surface area contributed by atoms with Gasteiger partial charge >= 0.3 is 0 Å². The summed E-state index contributed by atoms with van der Waals surface area (Å²) >= 11 is 1.25. The number of thiazole rings is 1. The molecule has 0 aliphatic carbocycles. The summed E-state index contributed by atoms with van der Waals surface area (Å²) in [5.41, 5.74) is 2.64. The van der Waals surface area contributed by atoms with Gasteiger partial charge in [-0.15, -0.1) is 0 Å². The molecule has 0 saturated carbocycles. The van der Waals surface area contributed by atoms with Gasteiger partial charge < -0.3 is 4.90 Å². The predicted octanol–water partition coefficient (Wildman–Crippen LogP) is 4.83. The fourth-order valence-corrected chi connectivity index (χ4v) is 8.40. The number of carbonyl (C=O) groups is 1. The normalized spacial score (nSPS) is 13.9. The Kier molecular flexibility index (Phi) is 8.70. The highest BCUT2D eigenvalue weighted by molar-refractivity contribution is 7.92. The maximum absolute atomic E-state index is 13.9. The molecule has 0 unspecified atom stereocenters. The van der Waals surface area contributed by atoms with Gasteiger partial charge in [-0.1, -0.05) is 43.4 Å². The highest BCUT2D eigenvalue weighted by atomic mass is 32.2. The molecule has 2 heterocycles. The lowest BCUT2D eigenvalue weighted by molar-refractivity contribution is 0.0983. The number of sulfonamides is 1. The molecule has 3 aromatic carbocycles. The van der Waals surface area contributed by atoms with E-state index >= 15 is 0 Å². The average molecular weight is 627 g/mol. The Balaban J connectivity index is 1.46. The molecule has 222 valence electrons. The van der Waals surface area contributed by atoms with Crippen LogP contribution in [0.25, 0.3) is 10.2 Å². The van der Waals surface area contributed by atoms with E-state index in [0.717, 1.165) is 37.8 Å². The quantitative estimate of drug-likeness (QED) is 0.248. The van der Waals surface area contributed by atoms with Crippen molar-refractivity contribution in [3.8, 4) is 0 Å². The number of likely N-dealkylation sites (N-methyl/N-ethyl adjacent to an activating group) is 1. The Labute approximate surface area is 251 Å². The molecular formula is C30H34N4O5S3. The van der Waals surface area contributed by atoms with E-state index in [0.29, 0.717) is 46.2 Å². The summed E-state index contributed by atoms with van der Waals surface area (Å²) in [5, 5.41) is 0.453. The van der Waals surface area contributed by atoms with Crippen molar-refractivity contribution in [1.29, 1.82) is 0 Å². The third kappa shape index (κ3) is 6.07. The fourth-order valence-electron chi connectivity index (χ4n) is 5.11. The van der Waals surface area contributed by atoms with Crippen LogP contribution in [-0.4, -0.2) is 71.6 Å². The number of benzene rings is 3. The third-order valence-electron chi connectivity index (χ3n) is 7.54. The summed E-state index contributed by atoms with van der Waals surface area (Å²) in [4.78, 5) is 22.6. The van der Waals surface area contributed by atoms with E-state index in [1.54, 1.807) is 29.2 Å². The van der Waals surface area contributed by atoms with E-state index in [-0.39, 0.29) is 15.7 Å². The Morgan fingerprint density at radius 2 is 1.62 bits per heavy atom. The van der Waals surface area contributed by atoms with Crippen LogP contribution in [0.3, 0.4) is 0 Å². The van der Waals surface area contributed by atoms with E-state index in [9.17, 15) is 21.6 Å². The van der Waals surface area contributed by atoms with Gasteiger partial charge in [-0.3, -0.25) is 14.0 Å². The molecule has 4 aromatic rings. The molecule has 0 atom stereocenters. The molecule has 1 amide bonds. The molecule has 0 radical (unpaired) electrons. The lowest BCUT2D eigenvalue weighted by atomic mass is 10.0. The molecule has 0 spiro atoms. The minimum absolute atomic E-state index is 0.124. The van der Waals surface area contributed by atoms with E-state index < -0.39 is 19.9 Å². The largest absolute Gasteiger partial charge is 0.302 e. The summed E-state index contributed by atoms with van der Waals surface area (Å²) in [6.45, 7) is 7.14. The Morgan fingerprint density at radius 1 is 0.929 bits per heavy atom. The number of aromatic nitrogens is 1. The molecule has 1 aromatic heterocycles. The van der Waals surface area contributed by atoms with Crippen LogP contribution in [0.4, 0.5) is 10.8 Å². The Bertz CT molecular complexity index is 1820. The minimum Gasteiger partial charge on any atom is -0.302 e. The second kappa shape index (κ2) is 12.1. The molecule has 0 fully saturated rings. The zero-order valence-electron chi connectivity index (χ0n) is 23.9. The summed E-state index contributed by atoms with van der Waals surface area (Å²) in [6, 6.07) is 18.3. The standard InChI is InChI=1S/C30H34N4O5S3/c1-4-32(5-2)19-20-33(30-31-26-17-16-25(41(3,36)37)21-28(26)40-30)29(35)23-12-14-24(15-13-23)42(38,39)34-18-8-10-22-9-6-7-11-27(22)34/h6-7,9,11-17,21H,4-5,8,10,18-20H2,1-3H3. The number of para-hydroxylation sites is 1. The van der Waals surface area contributed by atoms with Crippen LogP contribution < -0.4 is 9.21 Å². The van der Waals surface area contributed by atoms with Gasteiger partial charge in [0.2, 0.25) is 0 Å². The monoisotopic (exact) mass is 626 g/mol. The topological polar surface area (TPSA) is 108 Å². The Morgan fingerprint density at radius 3 is 2.31 bits per heavy atom. The molecular weight excluding hydrogens is 593 g/mol. The van der Waals surface area contributed by atoms with Gasteiger partial charge in [0, 0.05) is 31.5 Å². The number of aryl methyl sites for hydroxylation is 1. The smallest absolute Gasteiger partial charge is 0.264 e. The number of carbonyl (C=O) groups excluding carboxylic acids is 1. The van der Waals surface area contributed by atoms with Crippen molar-refractivity contribution >= 4 is 58.1 Å². The molecule has 1 aliphatic rings. The first-order valence-electron chi connectivity index (χ1n) is 13.9. The summed E-state index contributed by atoms with van der Waals surface area (Å²) in [6.07, 6.45) is 2.73. The average Bonchev–Trinajstić information content (AvgIpc) is 3.41. The van der Waals surface area contributed by atoms with Crippen molar-refractivity contribution in [2.24, 2.45) is 0 Å². The fraction of sp³-hybridized carbons (Fsp3) is 0.333. The second-order valence-corrected chi connectivity index (χ2v) is 15.1.